The van der Waals surface area contributed by atoms with Crippen LogP contribution < -0.4 is 10.1 Å². The first-order valence-corrected chi connectivity index (χ1v) is 6.01. The van der Waals surface area contributed by atoms with E-state index in [1.807, 2.05) is 31.2 Å². The van der Waals surface area contributed by atoms with Crippen molar-refractivity contribution in [3.8, 4) is 5.75 Å². The summed E-state index contributed by atoms with van der Waals surface area (Å²) in [5.74, 6) is 0.686. The van der Waals surface area contributed by atoms with E-state index in [0.29, 0.717) is 12.2 Å². The normalized spacial score (nSPS) is 10.3. The monoisotopic (exact) mass is 259 g/mol. The number of ether oxygens (including phenoxy) is 1. The Morgan fingerprint density at radius 1 is 1.37 bits per heavy atom. The van der Waals surface area contributed by atoms with Gasteiger partial charge in [0.25, 0.3) is 5.91 Å². The standard InChI is InChI=1S/C14H17N3O2/c1-10-8-16-17(2)13(10)14(18)15-9-11-4-6-12(19-3)7-5-11/h4-8H,9H2,1-3H3,(H,15,18). The maximum atomic E-state index is 12.0. The minimum absolute atomic E-state index is 0.117. The van der Waals surface area contributed by atoms with Crippen LogP contribution in [-0.2, 0) is 13.6 Å². The van der Waals surface area contributed by atoms with Crippen molar-refractivity contribution in [3.63, 3.8) is 0 Å². The number of amides is 1. The molecule has 0 aliphatic heterocycles. The minimum Gasteiger partial charge on any atom is -0.497 e. The van der Waals surface area contributed by atoms with Gasteiger partial charge in [-0.15, -0.1) is 0 Å². The van der Waals surface area contributed by atoms with Crippen LogP contribution in [0, 0.1) is 6.92 Å². The number of aromatic nitrogens is 2. The summed E-state index contributed by atoms with van der Waals surface area (Å²) in [6, 6.07) is 7.60. The lowest BCUT2D eigenvalue weighted by molar-refractivity contribution is 0.0941. The first-order chi connectivity index (χ1) is 9.11. The number of nitrogens with one attached hydrogen (secondary N) is 1. The second-order valence-corrected chi connectivity index (χ2v) is 4.33. The van der Waals surface area contributed by atoms with Crippen LogP contribution in [0.25, 0.3) is 0 Å². The zero-order valence-corrected chi connectivity index (χ0v) is 11.3. The third-order valence-electron chi connectivity index (χ3n) is 2.95. The minimum atomic E-state index is -0.117. The number of benzene rings is 1. The van der Waals surface area contributed by atoms with Crippen molar-refractivity contribution in [1.82, 2.24) is 15.1 Å². The van der Waals surface area contributed by atoms with Crippen LogP contribution in [0.5, 0.6) is 5.75 Å². The third-order valence-corrected chi connectivity index (χ3v) is 2.95. The molecule has 0 aliphatic rings. The van der Waals surface area contributed by atoms with Gasteiger partial charge in [-0.3, -0.25) is 9.48 Å². The van der Waals surface area contributed by atoms with Gasteiger partial charge in [0, 0.05) is 13.6 Å². The van der Waals surface area contributed by atoms with E-state index in [0.717, 1.165) is 16.9 Å². The quantitative estimate of drug-likeness (QED) is 0.908. The number of nitrogens with zero attached hydrogens (tertiary/aromatic N) is 2. The highest BCUT2D eigenvalue weighted by atomic mass is 16.5. The molecule has 1 aromatic heterocycles. The lowest BCUT2D eigenvalue weighted by atomic mass is 10.2. The summed E-state index contributed by atoms with van der Waals surface area (Å²) in [5, 5.41) is 6.93. The summed E-state index contributed by atoms with van der Waals surface area (Å²) in [4.78, 5) is 12.0. The summed E-state index contributed by atoms with van der Waals surface area (Å²) in [5.41, 5.74) is 2.48. The fourth-order valence-electron chi connectivity index (χ4n) is 1.88. The SMILES string of the molecule is COc1ccc(CNC(=O)c2c(C)cnn2C)cc1. The Morgan fingerprint density at radius 3 is 2.58 bits per heavy atom. The van der Waals surface area contributed by atoms with Gasteiger partial charge in [-0.25, -0.2) is 0 Å². The molecule has 1 N–H and O–H groups in total. The highest BCUT2D eigenvalue weighted by Crippen LogP contribution is 2.11. The van der Waals surface area contributed by atoms with E-state index in [9.17, 15) is 4.79 Å². The molecule has 5 heteroatoms. The molecule has 0 saturated heterocycles. The average Bonchev–Trinajstić information content (AvgIpc) is 2.76. The molecule has 1 aromatic carbocycles. The van der Waals surface area contributed by atoms with Crippen LogP contribution in [0.15, 0.2) is 30.5 Å². The number of rotatable bonds is 4. The van der Waals surface area contributed by atoms with Crippen LogP contribution in [0.1, 0.15) is 21.6 Å². The molecule has 1 amide bonds. The van der Waals surface area contributed by atoms with E-state index >= 15 is 0 Å². The molecule has 2 rings (SSSR count). The van der Waals surface area contributed by atoms with Crippen molar-refractivity contribution >= 4 is 5.91 Å². The Labute approximate surface area is 112 Å². The Bertz CT molecular complexity index is 553. The van der Waals surface area contributed by atoms with E-state index in [4.69, 9.17) is 4.74 Å². The predicted molar refractivity (Wildman–Crippen MR) is 72.1 cm³/mol. The lowest BCUT2D eigenvalue weighted by Gasteiger charge is -2.07. The second kappa shape index (κ2) is 5.56. The fourth-order valence-corrected chi connectivity index (χ4v) is 1.88. The lowest BCUT2D eigenvalue weighted by Crippen LogP contribution is -2.25. The number of hydrogen-bond donors (Lipinski definition) is 1. The molecule has 0 fully saturated rings. The summed E-state index contributed by atoms with van der Waals surface area (Å²) in [7, 11) is 3.39. The van der Waals surface area contributed by atoms with Gasteiger partial charge in [0.15, 0.2) is 0 Å². The first kappa shape index (κ1) is 13.1. The van der Waals surface area contributed by atoms with Gasteiger partial charge in [0.1, 0.15) is 11.4 Å². The summed E-state index contributed by atoms with van der Waals surface area (Å²) in [6.45, 7) is 2.35. The summed E-state index contributed by atoms with van der Waals surface area (Å²) in [6.07, 6.45) is 1.68. The number of aryl methyl sites for hydroxylation is 2. The Morgan fingerprint density at radius 2 is 2.05 bits per heavy atom. The topological polar surface area (TPSA) is 56.1 Å². The number of methoxy groups -OCH3 is 1. The van der Waals surface area contributed by atoms with Crippen molar-refractivity contribution in [3.05, 3.63) is 47.3 Å². The first-order valence-electron chi connectivity index (χ1n) is 6.01. The molecule has 19 heavy (non-hydrogen) atoms. The number of hydrogen-bond acceptors (Lipinski definition) is 3. The second-order valence-electron chi connectivity index (χ2n) is 4.33. The highest BCUT2D eigenvalue weighted by molar-refractivity contribution is 5.93. The smallest absolute Gasteiger partial charge is 0.270 e. The molecule has 0 spiro atoms. The van der Waals surface area contributed by atoms with Crippen LogP contribution in [0.3, 0.4) is 0 Å². The Hall–Kier alpha value is -2.30. The zero-order chi connectivity index (χ0) is 13.8. The molecule has 1 heterocycles. The van der Waals surface area contributed by atoms with Crippen LogP contribution >= 0.6 is 0 Å². The molecule has 2 aromatic rings. The van der Waals surface area contributed by atoms with Crippen LogP contribution in [-0.4, -0.2) is 22.8 Å². The van der Waals surface area contributed by atoms with E-state index in [1.165, 1.54) is 0 Å². The zero-order valence-electron chi connectivity index (χ0n) is 11.3. The van der Waals surface area contributed by atoms with Gasteiger partial charge in [-0.1, -0.05) is 12.1 Å². The van der Waals surface area contributed by atoms with Gasteiger partial charge >= 0.3 is 0 Å². The van der Waals surface area contributed by atoms with Gasteiger partial charge in [-0.05, 0) is 30.2 Å². The predicted octanol–water partition coefficient (Wildman–Crippen LogP) is 1.67. The van der Waals surface area contributed by atoms with E-state index in [2.05, 4.69) is 10.4 Å². The molecule has 0 radical (unpaired) electrons. The van der Waals surface area contributed by atoms with E-state index < -0.39 is 0 Å². The molecule has 0 bridgehead atoms. The van der Waals surface area contributed by atoms with Crippen molar-refractivity contribution < 1.29 is 9.53 Å². The summed E-state index contributed by atoms with van der Waals surface area (Å²) < 4.78 is 6.67. The fraction of sp³-hybridized carbons (Fsp3) is 0.286. The van der Waals surface area contributed by atoms with Crippen LogP contribution in [0.2, 0.25) is 0 Å². The molecule has 5 nitrogen and oxygen atoms in total. The Balaban J connectivity index is 2.00. The van der Waals surface area contributed by atoms with Gasteiger partial charge < -0.3 is 10.1 Å². The van der Waals surface area contributed by atoms with E-state index in [-0.39, 0.29) is 5.91 Å². The van der Waals surface area contributed by atoms with Crippen molar-refractivity contribution in [2.24, 2.45) is 7.05 Å². The Kier molecular flexibility index (Phi) is 3.85. The molecule has 100 valence electrons. The van der Waals surface area contributed by atoms with Crippen molar-refractivity contribution in [2.75, 3.05) is 7.11 Å². The molecule has 0 saturated carbocycles. The maximum absolute atomic E-state index is 12.0. The molecule has 0 aliphatic carbocycles. The largest absolute Gasteiger partial charge is 0.497 e. The molecular formula is C14H17N3O2. The molecule has 0 atom stereocenters. The molecular weight excluding hydrogens is 242 g/mol. The number of carbonyl (C=O) groups is 1. The van der Waals surface area contributed by atoms with Gasteiger partial charge in [0.2, 0.25) is 0 Å². The molecule has 0 unspecified atom stereocenters. The van der Waals surface area contributed by atoms with Crippen molar-refractivity contribution in [2.45, 2.75) is 13.5 Å². The van der Waals surface area contributed by atoms with Gasteiger partial charge in [-0.2, -0.15) is 5.10 Å². The van der Waals surface area contributed by atoms with E-state index in [1.54, 1.807) is 25.0 Å². The average molecular weight is 259 g/mol. The maximum Gasteiger partial charge on any atom is 0.270 e. The van der Waals surface area contributed by atoms with Crippen LogP contribution in [0.4, 0.5) is 0 Å². The highest BCUT2D eigenvalue weighted by Gasteiger charge is 2.13. The third kappa shape index (κ3) is 2.93. The van der Waals surface area contributed by atoms with Crippen molar-refractivity contribution in [1.29, 1.82) is 0 Å². The number of carbonyl (C=O) groups excluding carboxylic acids is 1. The summed E-state index contributed by atoms with van der Waals surface area (Å²) >= 11 is 0. The van der Waals surface area contributed by atoms with Gasteiger partial charge in [0.05, 0.1) is 13.3 Å².